The molecule has 0 atom stereocenters. The minimum Gasteiger partial charge on any atom is -0.349 e. The number of nitrogens with one attached hydrogen (secondary N) is 2. The van der Waals surface area contributed by atoms with Crippen molar-refractivity contribution < 1.29 is 13.2 Å². The molecule has 2 N–H and O–H groups in total. The van der Waals surface area contributed by atoms with Gasteiger partial charge in [-0.3, -0.25) is 9.52 Å². The number of carbonyl (C=O) groups is 1. The number of benzene rings is 2. The van der Waals surface area contributed by atoms with Gasteiger partial charge in [-0.15, -0.1) is 0 Å². The Balaban J connectivity index is 1.92. The van der Waals surface area contributed by atoms with Gasteiger partial charge in [0, 0.05) is 6.04 Å². The van der Waals surface area contributed by atoms with Gasteiger partial charge in [-0.1, -0.05) is 41.4 Å². The molecule has 0 spiro atoms. The number of halogens is 2. The molecular formula is C16H14Cl2N2O3S. The van der Waals surface area contributed by atoms with Crippen molar-refractivity contribution in [3.05, 3.63) is 58.1 Å². The standard InChI is InChI=1S/C16H14Cl2N2O3S/c17-12-5-3-7-14(15(12)18)24(22,23)20-13-6-2-1-4-11(13)16(21)19-10-8-9-10/h1-7,10,20H,8-9H2,(H,19,21). The minimum atomic E-state index is -3.98. The van der Waals surface area contributed by atoms with Crippen LogP contribution in [0.2, 0.25) is 10.0 Å². The van der Waals surface area contributed by atoms with Crippen LogP contribution in [0.4, 0.5) is 5.69 Å². The number of carbonyl (C=O) groups excluding carboxylic acids is 1. The third-order valence-electron chi connectivity index (χ3n) is 3.53. The number of para-hydroxylation sites is 1. The normalized spacial score (nSPS) is 14.2. The van der Waals surface area contributed by atoms with E-state index in [1.165, 1.54) is 24.3 Å². The lowest BCUT2D eigenvalue weighted by Crippen LogP contribution is -2.27. The topological polar surface area (TPSA) is 75.3 Å². The van der Waals surface area contributed by atoms with Crippen molar-refractivity contribution in [3.63, 3.8) is 0 Å². The van der Waals surface area contributed by atoms with Crippen molar-refractivity contribution in [2.75, 3.05) is 4.72 Å². The molecule has 1 amide bonds. The Labute approximate surface area is 150 Å². The lowest BCUT2D eigenvalue weighted by Gasteiger charge is -2.13. The molecule has 1 saturated carbocycles. The average molecular weight is 385 g/mol. The molecule has 126 valence electrons. The number of sulfonamides is 1. The summed E-state index contributed by atoms with van der Waals surface area (Å²) in [5, 5.41) is 2.91. The molecule has 1 aliphatic rings. The van der Waals surface area contributed by atoms with E-state index in [2.05, 4.69) is 10.0 Å². The Kier molecular flexibility index (Phi) is 4.71. The highest BCUT2D eigenvalue weighted by molar-refractivity contribution is 7.92. The highest BCUT2D eigenvalue weighted by atomic mass is 35.5. The smallest absolute Gasteiger partial charge is 0.263 e. The highest BCUT2D eigenvalue weighted by Crippen LogP contribution is 2.31. The Morgan fingerprint density at radius 2 is 1.75 bits per heavy atom. The van der Waals surface area contributed by atoms with Crippen LogP contribution in [0.3, 0.4) is 0 Å². The molecule has 24 heavy (non-hydrogen) atoms. The molecule has 1 aliphatic carbocycles. The fraction of sp³-hybridized carbons (Fsp3) is 0.188. The summed E-state index contributed by atoms with van der Waals surface area (Å²) in [6.45, 7) is 0. The Hall–Kier alpha value is -1.76. The molecule has 0 bridgehead atoms. The van der Waals surface area contributed by atoms with E-state index in [0.29, 0.717) is 0 Å². The summed E-state index contributed by atoms with van der Waals surface area (Å²) in [6.07, 6.45) is 1.88. The van der Waals surface area contributed by atoms with Gasteiger partial charge >= 0.3 is 0 Å². The average Bonchev–Trinajstić information content (AvgIpc) is 3.34. The summed E-state index contributed by atoms with van der Waals surface area (Å²) in [6, 6.07) is 10.9. The Morgan fingerprint density at radius 1 is 1.04 bits per heavy atom. The third kappa shape index (κ3) is 3.66. The van der Waals surface area contributed by atoms with Gasteiger partial charge in [-0.2, -0.15) is 0 Å². The lowest BCUT2D eigenvalue weighted by atomic mass is 10.1. The van der Waals surface area contributed by atoms with Gasteiger partial charge in [0.25, 0.3) is 15.9 Å². The Morgan fingerprint density at radius 3 is 2.46 bits per heavy atom. The van der Waals surface area contributed by atoms with Crippen LogP contribution in [0.25, 0.3) is 0 Å². The van der Waals surface area contributed by atoms with E-state index in [9.17, 15) is 13.2 Å². The SMILES string of the molecule is O=C(NC1CC1)c1ccccc1NS(=O)(=O)c1cccc(Cl)c1Cl. The summed E-state index contributed by atoms with van der Waals surface area (Å²) in [7, 11) is -3.98. The molecule has 0 heterocycles. The highest BCUT2D eigenvalue weighted by Gasteiger charge is 2.26. The van der Waals surface area contributed by atoms with Gasteiger partial charge in [0.15, 0.2) is 0 Å². The van der Waals surface area contributed by atoms with Crippen LogP contribution in [0.1, 0.15) is 23.2 Å². The van der Waals surface area contributed by atoms with Crippen LogP contribution in [0.15, 0.2) is 47.4 Å². The third-order valence-corrected chi connectivity index (χ3v) is 5.87. The van der Waals surface area contributed by atoms with Gasteiger partial charge < -0.3 is 5.32 Å². The molecule has 0 aliphatic heterocycles. The second-order valence-corrected chi connectivity index (χ2v) is 7.89. The first-order chi connectivity index (χ1) is 11.4. The quantitative estimate of drug-likeness (QED) is 0.825. The molecular weight excluding hydrogens is 371 g/mol. The lowest BCUT2D eigenvalue weighted by molar-refractivity contribution is 0.0952. The maximum atomic E-state index is 12.6. The van der Waals surface area contributed by atoms with Gasteiger partial charge in [0.05, 0.1) is 21.3 Å². The fourth-order valence-corrected chi connectivity index (χ4v) is 3.99. The zero-order valence-corrected chi connectivity index (χ0v) is 14.8. The monoisotopic (exact) mass is 384 g/mol. The van der Waals surface area contributed by atoms with Gasteiger partial charge in [-0.05, 0) is 37.1 Å². The number of anilines is 1. The zero-order valence-electron chi connectivity index (χ0n) is 12.4. The van der Waals surface area contributed by atoms with Crippen molar-refractivity contribution in [1.82, 2.24) is 5.32 Å². The molecule has 1 fully saturated rings. The van der Waals surface area contributed by atoms with Crippen molar-refractivity contribution in [1.29, 1.82) is 0 Å². The molecule has 2 aromatic rings. The van der Waals surface area contributed by atoms with Gasteiger partial charge in [0.1, 0.15) is 4.90 Å². The maximum Gasteiger partial charge on any atom is 0.263 e. The first-order valence-electron chi connectivity index (χ1n) is 7.25. The minimum absolute atomic E-state index is 0.0634. The van der Waals surface area contributed by atoms with Crippen LogP contribution in [-0.2, 0) is 10.0 Å². The van der Waals surface area contributed by atoms with Gasteiger partial charge in [-0.25, -0.2) is 8.42 Å². The van der Waals surface area contributed by atoms with E-state index < -0.39 is 10.0 Å². The predicted molar refractivity (Wildman–Crippen MR) is 94.2 cm³/mol. The zero-order chi connectivity index (χ0) is 17.3. The first kappa shape index (κ1) is 17.1. The largest absolute Gasteiger partial charge is 0.349 e. The fourth-order valence-electron chi connectivity index (χ4n) is 2.15. The van der Waals surface area contributed by atoms with Crippen LogP contribution >= 0.6 is 23.2 Å². The summed E-state index contributed by atoms with van der Waals surface area (Å²) >= 11 is 11.9. The summed E-state index contributed by atoms with van der Waals surface area (Å²) in [4.78, 5) is 12.1. The van der Waals surface area contributed by atoms with Crippen LogP contribution < -0.4 is 10.0 Å². The summed E-state index contributed by atoms with van der Waals surface area (Å²) in [5.41, 5.74) is 0.442. The van der Waals surface area contributed by atoms with E-state index in [1.54, 1.807) is 18.2 Å². The summed E-state index contributed by atoms with van der Waals surface area (Å²) < 4.78 is 27.6. The van der Waals surface area contributed by atoms with Crippen LogP contribution in [0.5, 0.6) is 0 Å². The van der Waals surface area contributed by atoms with E-state index in [0.717, 1.165) is 12.8 Å². The molecule has 0 radical (unpaired) electrons. The molecule has 8 heteroatoms. The maximum absolute atomic E-state index is 12.6. The molecule has 0 aromatic heterocycles. The number of amides is 1. The second kappa shape index (κ2) is 6.63. The van der Waals surface area contributed by atoms with E-state index in [4.69, 9.17) is 23.2 Å². The molecule has 2 aromatic carbocycles. The van der Waals surface area contributed by atoms with Crippen molar-refractivity contribution in [3.8, 4) is 0 Å². The van der Waals surface area contributed by atoms with Gasteiger partial charge in [0.2, 0.25) is 0 Å². The summed E-state index contributed by atoms with van der Waals surface area (Å²) in [5.74, 6) is -0.312. The molecule has 5 nitrogen and oxygen atoms in total. The van der Waals surface area contributed by atoms with Crippen LogP contribution in [0, 0.1) is 0 Å². The van der Waals surface area contributed by atoms with E-state index in [-0.39, 0.29) is 38.1 Å². The predicted octanol–water partition coefficient (Wildman–Crippen LogP) is 3.69. The van der Waals surface area contributed by atoms with Crippen LogP contribution in [-0.4, -0.2) is 20.4 Å². The molecule has 0 unspecified atom stereocenters. The van der Waals surface area contributed by atoms with Crippen molar-refractivity contribution in [2.45, 2.75) is 23.8 Å². The Bertz CT molecular complexity index is 896. The number of hydrogen-bond donors (Lipinski definition) is 2. The number of rotatable bonds is 5. The molecule has 3 rings (SSSR count). The second-order valence-electron chi connectivity index (χ2n) is 5.45. The number of hydrogen-bond acceptors (Lipinski definition) is 3. The van der Waals surface area contributed by atoms with Crippen molar-refractivity contribution in [2.24, 2.45) is 0 Å². The van der Waals surface area contributed by atoms with E-state index in [1.807, 2.05) is 0 Å². The van der Waals surface area contributed by atoms with Crippen molar-refractivity contribution >= 4 is 44.8 Å². The molecule has 0 saturated heterocycles. The van der Waals surface area contributed by atoms with E-state index >= 15 is 0 Å². The first-order valence-corrected chi connectivity index (χ1v) is 9.49.